The van der Waals surface area contributed by atoms with E-state index in [-0.39, 0.29) is 18.3 Å². The second-order valence-corrected chi connectivity index (χ2v) is 9.65. The molecule has 0 aliphatic heterocycles. The molecular weight excluding hydrogens is 480 g/mol. The number of nitrogens with zero attached hydrogens (tertiary/aromatic N) is 7. The summed E-state index contributed by atoms with van der Waals surface area (Å²) in [6, 6.07) is 13.9. The molecule has 38 heavy (non-hydrogen) atoms. The number of pyridine rings is 1. The number of hydrogen-bond acceptors (Lipinski definition) is 6. The van der Waals surface area contributed by atoms with Gasteiger partial charge in [0.2, 0.25) is 0 Å². The predicted molar refractivity (Wildman–Crippen MR) is 145 cm³/mol. The van der Waals surface area contributed by atoms with Gasteiger partial charge in [0.25, 0.3) is 0 Å². The topological polar surface area (TPSA) is 119 Å². The number of nitrogens with one attached hydrogen (secondary N) is 1. The van der Waals surface area contributed by atoms with Crippen molar-refractivity contribution in [1.29, 1.82) is 0 Å². The summed E-state index contributed by atoms with van der Waals surface area (Å²) in [7, 11) is 0. The van der Waals surface area contributed by atoms with Gasteiger partial charge in [-0.2, -0.15) is 0 Å². The maximum atomic E-state index is 13.8. The normalized spacial score (nSPS) is 11.5. The molecule has 1 aromatic carbocycles. The summed E-state index contributed by atoms with van der Waals surface area (Å²) in [6.07, 6.45) is 8.39. The molecule has 0 aliphatic rings. The molecule has 0 amide bonds. The number of aromatic nitrogens is 8. The van der Waals surface area contributed by atoms with Crippen LogP contribution in [-0.4, -0.2) is 44.4 Å². The van der Waals surface area contributed by atoms with Crippen molar-refractivity contribution in [2.45, 2.75) is 59.2 Å². The van der Waals surface area contributed by atoms with Gasteiger partial charge in [0.05, 0.1) is 18.8 Å². The number of unbranched alkanes of at least 4 members (excludes halogenated alkanes) is 1. The van der Waals surface area contributed by atoms with Crippen LogP contribution in [0.25, 0.3) is 28.3 Å². The van der Waals surface area contributed by atoms with Crippen LogP contribution in [0.15, 0.2) is 65.8 Å². The van der Waals surface area contributed by atoms with Gasteiger partial charge in [-0.1, -0.05) is 31.5 Å². The van der Waals surface area contributed by atoms with Crippen LogP contribution in [0.2, 0.25) is 0 Å². The van der Waals surface area contributed by atoms with Gasteiger partial charge in [0, 0.05) is 41.5 Å². The van der Waals surface area contributed by atoms with Crippen molar-refractivity contribution >= 4 is 0 Å². The third-order valence-electron chi connectivity index (χ3n) is 6.72. The molecule has 0 saturated carbocycles. The van der Waals surface area contributed by atoms with Gasteiger partial charge in [0.15, 0.2) is 5.82 Å². The van der Waals surface area contributed by atoms with Gasteiger partial charge in [-0.05, 0) is 72.5 Å². The molecule has 5 rings (SSSR count). The Morgan fingerprint density at radius 3 is 2.63 bits per heavy atom. The van der Waals surface area contributed by atoms with E-state index in [1.807, 2.05) is 59.4 Å². The van der Waals surface area contributed by atoms with Crippen LogP contribution < -0.4 is 5.69 Å². The average Bonchev–Trinajstić information content (AvgIpc) is 3.68. The number of aliphatic hydroxyl groups excluding tert-OH is 1. The molecule has 4 heterocycles. The van der Waals surface area contributed by atoms with Crippen LogP contribution in [0.3, 0.4) is 0 Å². The molecule has 10 heteroatoms. The Hall–Kier alpha value is -4.31. The van der Waals surface area contributed by atoms with Crippen LogP contribution in [0.4, 0.5) is 0 Å². The second-order valence-electron chi connectivity index (χ2n) is 9.65. The monoisotopic (exact) mass is 512 g/mol. The smallest absolute Gasteiger partial charge is 0.334 e. The number of hydrogen-bond donors (Lipinski definition) is 2. The Morgan fingerprint density at radius 2 is 1.89 bits per heavy atom. The zero-order valence-electron chi connectivity index (χ0n) is 21.9. The summed E-state index contributed by atoms with van der Waals surface area (Å²) in [6.45, 7) is 6.48. The molecule has 0 atom stereocenters. The molecule has 10 nitrogen and oxygen atoms in total. The van der Waals surface area contributed by atoms with Crippen molar-refractivity contribution in [3.63, 3.8) is 0 Å². The molecule has 4 aromatic heterocycles. The summed E-state index contributed by atoms with van der Waals surface area (Å²) >= 11 is 0. The molecular formula is C28H32N8O2. The first-order valence-corrected chi connectivity index (χ1v) is 12.9. The lowest BCUT2D eigenvalue weighted by Crippen LogP contribution is -2.27. The highest BCUT2D eigenvalue weighted by Crippen LogP contribution is 2.25. The summed E-state index contributed by atoms with van der Waals surface area (Å²) in [4.78, 5) is 18.4. The minimum absolute atomic E-state index is 0.135. The van der Waals surface area contributed by atoms with Gasteiger partial charge < -0.3 is 9.67 Å². The summed E-state index contributed by atoms with van der Waals surface area (Å²) in [5.41, 5.74) is 5.19. The minimum Gasteiger partial charge on any atom is -0.392 e. The molecule has 0 bridgehead atoms. The van der Waals surface area contributed by atoms with Gasteiger partial charge in [-0.25, -0.2) is 9.89 Å². The molecule has 0 fully saturated rings. The SMILES string of the molecule is CCCCc1cn(-c2c(CO)ccn2C(C)C)c(=O)n1Cc1cc(-c2cccc(-c3nnn[nH]3)c2)ccn1. The molecule has 0 spiro atoms. The van der Waals surface area contributed by atoms with Crippen LogP contribution in [0.1, 0.15) is 56.6 Å². The number of aromatic amines is 1. The predicted octanol–water partition coefficient (Wildman–Crippen LogP) is 4.15. The molecule has 0 aliphatic carbocycles. The summed E-state index contributed by atoms with van der Waals surface area (Å²) in [5.74, 6) is 1.31. The van der Waals surface area contributed by atoms with E-state index in [1.54, 1.807) is 15.3 Å². The van der Waals surface area contributed by atoms with Crippen molar-refractivity contribution in [2.75, 3.05) is 0 Å². The maximum absolute atomic E-state index is 13.8. The summed E-state index contributed by atoms with van der Waals surface area (Å²) in [5, 5.41) is 24.1. The Labute approximate surface area is 220 Å². The van der Waals surface area contributed by atoms with Gasteiger partial charge in [-0.3, -0.25) is 14.1 Å². The second kappa shape index (κ2) is 11.0. The molecule has 196 valence electrons. The van der Waals surface area contributed by atoms with Crippen molar-refractivity contribution < 1.29 is 5.11 Å². The third-order valence-corrected chi connectivity index (χ3v) is 6.72. The van der Waals surface area contributed by atoms with E-state index in [9.17, 15) is 9.90 Å². The van der Waals surface area contributed by atoms with Crippen molar-refractivity contribution in [3.05, 3.63) is 88.5 Å². The molecule has 5 aromatic rings. The fraction of sp³-hybridized carbons (Fsp3) is 0.321. The number of tetrazole rings is 1. The van der Waals surface area contributed by atoms with Crippen LogP contribution in [-0.2, 0) is 19.6 Å². The van der Waals surface area contributed by atoms with E-state index in [1.165, 1.54) is 0 Å². The van der Waals surface area contributed by atoms with Crippen LogP contribution in [0, 0.1) is 0 Å². The number of rotatable bonds is 10. The Morgan fingerprint density at radius 1 is 1.08 bits per heavy atom. The number of aliphatic hydroxyl groups is 1. The van der Waals surface area contributed by atoms with Gasteiger partial charge in [0.1, 0.15) is 5.82 Å². The molecule has 2 N–H and O–H groups in total. The largest absolute Gasteiger partial charge is 0.392 e. The zero-order valence-corrected chi connectivity index (χ0v) is 21.9. The standard InChI is InChI=1S/C28H32N8O2/c1-4-5-9-25-17-36(27-23(18-37)11-13-34(27)19(2)3)28(38)35(25)16-24-15-21(10-12-29-24)20-7-6-8-22(14-20)26-30-32-33-31-26/h6-8,10-15,17,19,37H,4-5,9,16,18H2,1-3H3,(H,30,31,32,33). The fourth-order valence-electron chi connectivity index (χ4n) is 4.74. The van der Waals surface area contributed by atoms with Crippen LogP contribution in [0.5, 0.6) is 0 Å². The zero-order chi connectivity index (χ0) is 26.6. The van der Waals surface area contributed by atoms with Gasteiger partial charge in [-0.15, -0.1) is 5.10 Å². The highest BCUT2D eigenvalue weighted by Gasteiger charge is 2.20. The van der Waals surface area contributed by atoms with Gasteiger partial charge >= 0.3 is 5.69 Å². The molecule has 0 unspecified atom stereocenters. The first-order chi connectivity index (χ1) is 18.5. The number of aryl methyl sites for hydroxylation is 1. The Balaban J connectivity index is 1.53. The van der Waals surface area contributed by atoms with E-state index < -0.39 is 0 Å². The van der Waals surface area contributed by atoms with E-state index in [0.717, 1.165) is 52.9 Å². The third kappa shape index (κ3) is 4.95. The number of benzene rings is 1. The minimum atomic E-state index is -0.140. The highest BCUT2D eigenvalue weighted by atomic mass is 16.3. The van der Waals surface area contributed by atoms with E-state index >= 15 is 0 Å². The molecule has 0 radical (unpaired) electrons. The Kier molecular flexibility index (Phi) is 7.32. The lowest BCUT2D eigenvalue weighted by Gasteiger charge is -2.14. The first kappa shape index (κ1) is 25.3. The Bertz CT molecular complexity index is 1580. The quantitative estimate of drug-likeness (QED) is 0.290. The molecule has 0 saturated heterocycles. The maximum Gasteiger partial charge on any atom is 0.334 e. The van der Waals surface area contributed by atoms with Crippen molar-refractivity contribution in [1.82, 2.24) is 39.3 Å². The van der Waals surface area contributed by atoms with Crippen molar-refractivity contribution in [2.24, 2.45) is 0 Å². The van der Waals surface area contributed by atoms with Crippen molar-refractivity contribution in [3.8, 4) is 28.3 Å². The van der Waals surface area contributed by atoms with Crippen LogP contribution >= 0.6 is 0 Å². The lowest BCUT2D eigenvalue weighted by atomic mass is 10.0. The fourth-order valence-corrected chi connectivity index (χ4v) is 4.74. The lowest BCUT2D eigenvalue weighted by molar-refractivity contribution is 0.281. The highest BCUT2D eigenvalue weighted by molar-refractivity contribution is 5.70. The van der Waals surface area contributed by atoms with E-state index in [4.69, 9.17) is 0 Å². The number of imidazole rings is 1. The number of H-pyrrole nitrogens is 1. The summed E-state index contributed by atoms with van der Waals surface area (Å²) < 4.78 is 5.50. The van der Waals surface area contributed by atoms with E-state index in [0.29, 0.717) is 18.2 Å². The first-order valence-electron chi connectivity index (χ1n) is 12.9. The average molecular weight is 513 g/mol. The van der Waals surface area contributed by atoms with E-state index in [2.05, 4.69) is 46.4 Å².